The van der Waals surface area contributed by atoms with Crippen LogP contribution in [-0.4, -0.2) is 15.9 Å². The quantitative estimate of drug-likeness (QED) is 0.850. The van der Waals surface area contributed by atoms with Crippen molar-refractivity contribution in [1.82, 2.24) is 9.72 Å². The van der Waals surface area contributed by atoms with Crippen molar-refractivity contribution >= 4 is 11.6 Å². The van der Waals surface area contributed by atoms with E-state index in [1.54, 1.807) is 6.07 Å². The van der Waals surface area contributed by atoms with Gasteiger partial charge in [-0.1, -0.05) is 22.8 Å². The molecule has 0 spiro atoms. The molecule has 124 valence electrons. The monoisotopic (exact) mass is 342 g/mol. The normalized spacial score (nSPS) is 21.5. The molecule has 1 aromatic heterocycles. The number of aromatic nitrogens is 2. The Balaban J connectivity index is 1.80. The molecule has 1 aromatic carbocycles. The summed E-state index contributed by atoms with van der Waals surface area (Å²) in [5.41, 5.74) is 0.281. The minimum Gasteiger partial charge on any atom is -0.296 e. The predicted molar refractivity (Wildman–Crippen MR) is 81.8 cm³/mol. The third-order valence-corrected chi connectivity index (χ3v) is 4.73. The Kier molecular flexibility index (Phi) is 4.80. The van der Waals surface area contributed by atoms with Crippen LogP contribution in [0, 0.1) is 11.7 Å². The van der Waals surface area contributed by atoms with Gasteiger partial charge >= 0.3 is 5.76 Å². The number of rotatable bonds is 4. The Morgan fingerprint density at radius 1 is 1.30 bits per heavy atom. The maximum Gasteiger partial charge on any atom is 0.441 e. The molecule has 7 heteroatoms. The average Bonchev–Trinajstić information content (AvgIpc) is 2.86. The molecule has 23 heavy (non-hydrogen) atoms. The van der Waals surface area contributed by atoms with Gasteiger partial charge in [0.05, 0.1) is 0 Å². The Bertz CT molecular complexity index is 716. The summed E-state index contributed by atoms with van der Waals surface area (Å²) in [6.45, 7) is 0.413. The molecule has 0 amide bonds. The van der Waals surface area contributed by atoms with Crippen LogP contribution >= 0.6 is 11.6 Å². The molecule has 0 N–H and O–H groups in total. The van der Waals surface area contributed by atoms with Gasteiger partial charge in [0.1, 0.15) is 12.0 Å². The van der Waals surface area contributed by atoms with Crippen LogP contribution in [0.1, 0.15) is 37.1 Å². The highest BCUT2D eigenvalue weighted by Crippen LogP contribution is 2.28. The van der Waals surface area contributed by atoms with Crippen LogP contribution in [0.2, 0.25) is 5.02 Å². The fourth-order valence-corrected chi connectivity index (χ4v) is 3.25. The molecular weight excluding hydrogens is 326 g/mol. The van der Waals surface area contributed by atoms with Crippen molar-refractivity contribution in [1.29, 1.82) is 0 Å². The van der Waals surface area contributed by atoms with E-state index in [4.69, 9.17) is 16.1 Å². The summed E-state index contributed by atoms with van der Waals surface area (Å²) in [7, 11) is 0. The van der Waals surface area contributed by atoms with Crippen molar-refractivity contribution in [3.05, 3.63) is 51.0 Å². The van der Waals surface area contributed by atoms with Crippen LogP contribution in [-0.2, 0) is 13.0 Å². The highest BCUT2D eigenvalue weighted by Gasteiger charge is 2.24. The van der Waals surface area contributed by atoms with Crippen molar-refractivity contribution in [2.45, 2.75) is 44.8 Å². The molecule has 0 radical (unpaired) electrons. The van der Waals surface area contributed by atoms with Gasteiger partial charge in [-0.2, -0.15) is 0 Å². The molecule has 2 aromatic rings. The first-order valence-corrected chi connectivity index (χ1v) is 8.04. The largest absolute Gasteiger partial charge is 0.441 e. The topological polar surface area (TPSA) is 48.0 Å². The number of halogens is 3. The maximum absolute atomic E-state index is 13.9. The van der Waals surface area contributed by atoms with Gasteiger partial charge in [-0.05, 0) is 43.7 Å². The zero-order chi connectivity index (χ0) is 16.4. The fraction of sp³-hybridized carbons (Fsp3) is 0.500. The summed E-state index contributed by atoms with van der Waals surface area (Å²) >= 11 is 6.02. The zero-order valence-electron chi connectivity index (χ0n) is 12.5. The highest BCUT2D eigenvalue weighted by molar-refractivity contribution is 6.31. The molecular formula is C16H17ClF2N2O2. The first kappa shape index (κ1) is 16.2. The van der Waals surface area contributed by atoms with E-state index in [1.165, 1.54) is 16.7 Å². The van der Waals surface area contributed by atoms with Crippen molar-refractivity contribution in [2.24, 2.45) is 5.92 Å². The molecule has 1 heterocycles. The fourth-order valence-electron chi connectivity index (χ4n) is 3.03. The molecule has 1 aliphatic carbocycles. The van der Waals surface area contributed by atoms with E-state index in [2.05, 4.69) is 5.16 Å². The number of alkyl halides is 1. The second-order valence-electron chi connectivity index (χ2n) is 5.97. The van der Waals surface area contributed by atoms with Gasteiger partial charge in [-0.15, -0.1) is 0 Å². The third-order valence-electron chi connectivity index (χ3n) is 4.37. The van der Waals surface area contributed by atoms with E-state index in [-0.39, 0.29) is 22.9 Å². The Morgan fingerprint density at radius 3 is 2.74 bits per heavy atom. The van der Waals surface area contributed by atoms with Gasteiger partial charge in [-0.3, -0.25) is 9.09 Å². The van der Waals surface area contributed by atoms with Gasteiger partial charge in [0.15, 0.2) is 5.82 Å². The summed E-state index contributed by atoms with van der Waals surface area (Å²) in [5.74, 6) is -0.481. The minimum absolute atomic E-state index is 0.0791. The molecule has 0 unspecified atom stereocenters. The van der Waals surface area contributed by atoms with Gasteiger partial charge in [0.25, 0.3) is 0 Å². The molecule has 3 rings (SSSR count). The first-order valence-electron chi connectivity index (χ1n) is 7.67. The smallest absolute Gasteiger partial charge is 0.296 e. The SMILES string of the molecule is O=c1onc(Cc2c(F)cccc2Cl)n1CC1CCC(F)CC1. The standard InChI is InChI=1S/C16H17ClF2N2O2/c17-13-2-1-3-14(19)12(13)8-15-20-23-16(22)21(15)9-10-4-6-11(18)7-5-10/h1-3,10-11H,4-9H2. The molecule has 1 saturated carbocycles. The maximum atomic E-state index is 13.9. The third kappa shape index (κ3) is 3.63. The highest BCUT2D eigenvalue weighted by atomic mass is 35.5. The molecule has 0 aliphatic heterocycles. The van der Waals surface area contributed by atoms with Gasteiger partial charge in [0, 0.05) is 23.6 Å². The van der Waals surface area contributed by atoms with E-state index in [9.17, 15) is 13.6 Å². The summed E-state index contributed by atoms with van der Waals surface area (Å²) in [5, 5.41) is 4.03. The van der Waals surface area contributed by atoms with Crippen LogP contribution in [0.4, 0.5) is 8.78 Å². The Hall–Kier alpha value is -1.69. The number of nitrogens with zero attached hydrogens (tertiary/aromatic N) is 2. The second kappa shape index (κ2) is 6.83. The number of hydrogen-bond acceptors (Lipinski definition) is 3. The lowest BCUT2D eigenvalue weighted by molar-refractivity contribution is 0.193. The minimum atomic E-state index is -0.748. The van der Waals surface area contributed by atoms with Crippen LogP contribution in [0.5, 0.6) is 0 Å². The Labute approximate surface area is 137 Å². The molecule has 0 atom stereocenters. The van der Waals surface area contributed by atoms with Crippen LogP contribution in [0.15, 0.2) is 27.5 Å². The van der Waals surface area contributed by atoms with Crippen molar-refractivity contribution in [3.8, 4) is 0 Å². The molecule has 4 nitrogen and oxygen atoms in total. The Morgan fingerprint density at radius 2 is 2.04 bits per heavy atom. The summed E-state index contributed by atoms with van der Waals surface area (Å²) < 4.78 is 33.3. The lowest BCUT2D eigenvalue weighted by atomic mass is 9.88. The average molecular weight is 343 g/mol. The summed E-state index contributed by atoms with van der Waals surface area (Å²) in [4.78, 5) is 11.9. The lowest BCUT2D eigenvalue weighted by Gasteiger charge is -2.24. The van der Waals surface area contributed by atoms with Gasteiger partial charge in [0.2, 0.25) is 0 Å². The summed E-state index contributed by atoms with van der Waals surface area (Å²) in [6.07, 6.45) is 1.80. The van der Waals surface area contributed by atoms with E-state index >= 15 is 0 Å². The number of benzene rings is 1. The lowest BCUT2D eigenvalue weighted by Crippen LogP contribution is -2.26. The van der Waals surface area contributed by atoms with Crippen molar-refractivity contribution in [2.75, 3.05) is 0 Å². The van der Waals surface area contributed by atoms with Gasteiger partial charge in [-0.25, -0.2) is 13.6 Å². The molecule has 1 aliphatic rings. The van der Waals surface area contributed by atoms with Gasteiger partial charge < -0.3 is 0 Å². The van der Waals surface area contributed by atoms with E-state index in [1.807, 2.05) is 0 Å². The summed E-state index contributed by atoms with van der Waals surface area (Å²) in [6, 6.07) is 4.42. The predicted octanol–water partition coefficient (Wildman–Crippen LogP) is 3.75. The molecule has 0 saturated heterocycles. The molecule has 1 fully saturated rings. The van der Waals surface area contributed by atoms with Crippen LogP contribution < -0.4 is 5.76 Å². The van der Waals surface area contributed by atoms with Crippen LogP contribution in [0.3, 0.4) is 0 Å². The first-order chi connectivity index (χ1) is 11.0. The zero-order valence-corrected chi connectivity index (χ0v) is 13.2. The molecule has 0 bridgehead atoms. The number of hydrogen-bond donors (Lipinski definition) is 0. The van der Waals surface area contributed by atoms with Crippen LogP contribution in [0.25, 0.3) is 0 Å². The van der Waals surface area contributed by atoms with E-state index in [0.717, 1.165) is 12.8 Å². The van der Waals surface area contributed by atoms with Crippen molar-refractivity contribution in [3.63, 3.8) is 0 Å². The second-order valence-corrected chi connectivity index (χ2v) is 6.38. The van der Waals surface area contributed by atoms with E-state index in [0.29, 0.717) is 25.2 Å². The van der Waals surface area contributed by atoms with Crippen molar-refractivity contribution < 1.29 is 13.3 Å². The van der Waals surface area contributed by atoms with E-state index < -0.39 is 17.7 Å².